The number of nitro groups is 1. The highest BCUT2D eigenvalue weighted by atomic mass is 79.9. The number of nitrogens with one attached hydrogen (secondary N) is 1. The van der Waals surface area contributed by atoms with Crippen LogP contribution in [-0.4, -0.2) is 16.0 Å². The van der Waals surface area contributed by atoms with Crippen molar-refractivity contribution >= 4 is 39.0 Å². The molecule has 2 rings (SSSR count). The first-order valence-electron chi connectivity index (χ1n) is 5.63. The molecule has 0 aromatic heterocycles. The average Bonchev–Trinajstić information content (AvgIpc) is 2.42. The van der Waals surface area contributed by atoms with Gasteiger partial charge in [0.15, 0.2) is 0 Å². The molecule has 8 heteroatoms. The summed E-state index contributed by atoms with van der Waals surface area (Å²) < 4.78 is 14.1. The van der Waals surface area contributed by atoms with Gasteiger partial charge in [-0.25, -0.2) is 9.18 Å². The minimum atomic E-state index is -1.35. The predicted molar refractivity (Wildman–Crippen MR) is 77.4 cm³/mol. The Morgan fingerprint density at radius 2 is 1.90 bits per heavy atom. The zero-order valence-electron chi connectivity index (χ0n) is 10.3. The molecule has 2 aromatic rings. The number of hydrogen-bond acceptors (Lipinski definition) is 4. The summed E-state index contributed by atoms with van der Waals surface area (Å²) >= 11 is 3.11. The Morgan fingerprint density at radius 3 is 2.48 bits per heavy atom. The minimum absolute atomic E-state index is 0.0747. The smallest absolute Gasteiger partial charge is 0.338 e. The van der Waals surface area contributed by atoms with Crippen LogP contribution in [0.3, 0.4) is 0 Å². The fourth-order valence-electron chi connectivity index (χ4n) is 1.74. The summed E-state index contributed by atoms with van der Waals surface area (Å²) in [6.45, 7) is 0. The highest BCUT2D eigenvalue weighted by molar-refractivity contribution is 9.10. The van der Waals surface area contributed by atoms with Crippen molar-refractivity contribution in [1.82, 2.24) is 0 Å². The van der Waals surface area contributed by atoms with Crippen molar-refractivity contribution in [2.45, 2.75) is 0 Å². The molecular weight excluding hydrogens is 347 g/mol. The third-order valence-corrected chi connectivity index (χ3v) is 3.34. The van der Waals surface area contributed by atoms with Gasteiger partial charge in [0.2, 0.25) is 0 Å². The lowest BCUT2D eigenvalue weighted by Crippen LogP contribution is -2.07. The average molecular weight is 355 g/mol. The first kappa shape index (κ1) is 14.9. The molecule has 0 saturated carbocycles. The fourth-order valence-corrected chi connectivity index (χ4v) is 2.19. The number of nitro benzene ring substituents is 1. The molecule has 0 spiro atoms. The van der Waals surface area contributed by atoms with Crippen LogP contribution in [0.1, 0.15) is 10.4 Å². The van der Waals surface area contributed by atoms with Crippen molar-refractivity contribution in [3.8, 4) is 0 Å². The van der Waals surface area contributed by atoms with Gasteiger partial charge in [-0.2, -0.15) is 0 Å². The highest BCUT2D eigenvalue weighted by Gasteiger charge is 2.23. The maximum absolute atomic E-state index is 13.8. The van der Waals surface area contributed by atoms with Crippen molar-refractivity contribution in [3.05, 3.63) is 62.4 Å². The largest absolute Gasteiger partial charge is 0.478 e. The summed E-state index contributed by atoms with van der Waals surface area (Å²) in [7, 11) is 0. The highest BCUT2D eigenvalue weighted by Crippen LogP contribution is 2.35. The van der Waals surface area contributed by atoms with Crippen molar-refractivity contribution in [2.24, 2.45) is 0 Å². The Kier molecular flexibility index (Phi) is 4.18. The van der Waals surface area contributed by atoms with E-state index < -0.39 is 22.4 Å². The number of halogens is 2. The van der Waals surface area contributed by atoms with Crippen LogP contribution in [0.2, 0.25) is 0 Å². The number of nitrogens with zero attached hydrogens (tertiary/aromatic N) is 1. The van der Waals surface area contributed by atoms with E-state index in [1.165, 1.54) is 24.3 Å². The number of rotatable bonds is 4. The van der Waals surface area contributed by atoms with E-state index in [9.17, 15) is 19.3 Å². The molecule has 0 fully saturated rings. The van der Waals surface area contributed by atoms with Gasteiger partial charge in [0.1, 0.15) is 11.5 Å². The molecule has 0 saturated heterocycles. The number of hydrogen-bond donors (Lipinski definition) is 2. The summed E-state index contributed by atoms with van der Waals surface area (Å²) in [6.07, 6.45) is 0. The van der Waals surface area contributed by atoms with E-state index in [4.69, 9.17) is 5.11 Å². The van der Waals surface area contributed by atoms with Crippen LogP contribution in [0, 0.1) is 15.9 Å². The number of para-hydroxylation sites is 2. The van der Waals surface area contributed by atoms with Crippen molar-refractivity contribution in [2.75, 3.05) is 5.32 Å². The zero-order valence-corrected chi connectivity index (χ0v) is 11.9. The van der Waals surface area contributed by atoms with Gasteiger partial charge in [0.05, 0.1) is 16.2 Å². The van der Waals surface area contributed by atoms with E-state index in [-0.39, 0.29) is 16.9 Å². The molecule has 6 nitrogen and oxygen atoms in total. The maximum atomic E-state index is 13.8. The van der Waals surface area contributed by atoms with Gasteiger partial charge in [0, 0.05) is 10.5 Å². The van der Waals surface area contributed by atoms with Gasteiger partial charge in [-0.3, -0.25) is 10.1 Å². The summed E-state index contributed by atoms with van der Waals surface area (Å²) in [5.41, 5.74) is -1.13. The Morgan fingerprint density at radius 1 is 1.24 bits per heavy atom. The second-order valence-electron chi connectivity index (χ2n) is 3.98. The van der Waals surface area contributed by atoms with Crippen LogP contribution >= 0.6 is 15.9 Å². The van der Waals surface area contributed by atoms with Gasteiger partial charge in [-0.15, -0.1) is 0 Å². The van der Waals surface area contributed by atoms with E-state index in [0.29, 0.717) is 4.47 Å². The maximum Gasteiger partial charge on any atom is 0.338 e. The second kappa shape index (κ2) is 5.88. The van der Waals surface area contributed by atoms with Gasteiger partial charge in [-0.05, 0) is 34.1 Å². The lowest BCUT2D eigenvalue weighted by atomic mass is 10.1. The van der Waals surface area contributed by atoms with Crippen molar-refractivity contribution in [3.63, 3.8) is 0 Å². The molecule has 0 atom stereocenters. The lowest BCUT2D eigenvalue weighted by molar-refractivity contribution is -0.383. The van der Waals surface area contributed by atoms with Gasteiger partial charge < -0.3 is 10.4 Å². The summed E-state index contributed by atoms with van der Waals surface area (Å²) in [6, 6.07) is 7.73. The third kappa shape index (κ3) is 3.00. The number of carboxylic acids is 1. The van der Waals surface area contributed by atoms with E-state index in [0.717, 1.165) is 12.1 Å². The van der Waals surface area contributed by atoms with Gasteiger partial charge in [0.25, 0.3) is 5.69 Å². The molecule has 2 N–H and O–H groups in total. The topological polar surface area (TPSA) is 92.5 Å². The molecule has 0 aliphatic carbocycles. The first-order chi connectivity index (χ1) is 9.91. The lowest BCUT2D eigenvalue weighted by Gasteiger charge is -2.12. The number of benzene rings is 2. The molecule has 0 aliphatic heterocycles. The van der Waals surface area contributed by atoms with Crippen LogP contribution in [0.25, 0.3) is 0 Å². The summed E-state index contributed by atoms with van der Waals surface area (Å²) in [5, 5.41) is 22.6. The van der Waals surface area contributed by atoms with E-state index in [1.807, 2.05) is 0 Å². The van der Waals surface area contributed by atoms with Crippen LogP contribution in [0.15, 0.2) is 40.9 Å². The summed E-state index contributed by atoms with van der Waals surface area (Å²) in [5.74, 6) is -2.02. The van der Waals surface area contributed by atoms with Gasteiger partial charge >= 0.3 is 5.97 Å². The monoisotopic (exact) mass is 354 g/mol. The van der Waals surface area contributed by atoms with Crippen LogP contribution in [0.5, 0.6) is 0 Å². The standard InChI is InChI=1S/C13H8BrFN2O4/c14-8-4-2-5-9(15)12(8)16-11-7(13(18)19)3-1-6-10(11)17(20)21/h1-6,16H,(H,18,19). The molecule has 0 bridgehead atoms. The number of carboxylic acid groups (broad SMARTS) is 1. The zero-order chi connectivity index (χ0) is 15.6. The molecular formula is C13H8BrFN2O4. The predicted octanol–water partition coefficient (Wildman–Crippen LogP) is 3.94. The molecule has 0 amide bonds. The van der Waals surface area contributed by atoms with E-state index in [2.05, 4.69) is 21.2 Å². The Hall–Kier alpha value is -2.48. The molecule has 0 aliphatic rings. The van der Waals surface area contributed by atoms with Gasteiger partial charge in [-0.1, -0.05) is 12.1 Å². The molecule has 0 heterocycles. The molecule has 108 valence electrons. The SMILES string of the molecule is O=C(O)c1cccc([N+](=O)[O-])c1Nc1c(F)cccc1Br. The van der Waals surface area contributed by atoms with Crippen LogP contribution in [0.4, 0.5) is 21.5 Å². The molecule has 21 heavy (non-hydrogen) atoms. The van der Waals surface area contributed by atoms with Crippen LogP contribution in [-0.2, 0) is 0 Å². The minimum Gasteiger partial charge on any atom is -0.478 e. The molecule has 0 radical (unpaired) electrons. The number of aromatic carboxylic acids is 1. The van der Waals surface area contributed by atoms with Crippen molar-refractivity contribution in [1.29, 1.82) is 0 Å². The normalized spacial score (nSPS) is 10.2. The fraction of sp³-hybridized carbons (Fsp3) is 0. The quantitative estimate of drug-likeness (QED) is 0.640. The Labute approximate surface area is 126 Å². The third-order valence-electron chi connectivity index (χ3n) is 2.68. The molecule has 2 aromatic carbocycles. The second-order valence-corrected chi connectivity index (χ2v) is 4.84. The number of carbonyl (C=O) groups is 1. The van der Waals surface area contributed by atoms with Crippen molar-refractivity contribution < 1.29 is 19.2 Å². The van der Waals surface area contributed by atoms with Crippen LogP contribution < -0.4 is 5.32 Å². The Balaban J connectivity index is 2.62. The number of anilines is 2. The Bertz CT molecular complexity index is 684. The van der Waals surface area contributed by atoms with E-state index in [1.54, 1.807) is 0 Å². The summed E-state index contributed by atoms with van der Waals surface area (Å²) in [4.78, 5) is 21.5. The molecule has 0 unspecified atom stereocenters. The van der Waals surface area contributed by atoms with E-state index >= 15 is 0 Å². The first-order valence-corrected chi connectivity index (χ1v) is 6.43.